The van der Waals surface area contributed by atoms with E-state index in [9.17, 15) is 18.0 Å². The lowest BCUT2D eigenvalue weighted by molar-refractivity contribution is -0.141. The van der Waals surface area contributed by atoms with Crippen molar-refractivity contribution in [2.45, 2.75) is 72.4 Å². The van der Waals surface area contributed by atoms with Gasteiger partial charge in [-0.3, -0.25) is 13.9 Å². The second kappa shape index (κ2) is 14.0. The molecule has 2 aromatic carbocycles. The van der Waals surface area contributed by atoms with Gasteiger partial charge in [0.15, 0.2) is 0 Å². The lowest BCUT2D eigenvalue weighted by atomic mass is 10.1. The number of nitrogens with zero attached hydrogens (tertiary/aromatic N) is 2. The Morgan fingerprint density at radius 2 is 1.67 bits per heavy atom. The predicted molar refractivity (Wildman–Crippen MR) is 146 cm³/mol. The Balaban J connectivity index is 2.19. The van der Waals surface area contributed by atoms with Gasteiger partial charge in [-0.15, -0.1) is 0 Å². The molecule has 8 heteroatoms. The molecule has 0 aromatic heterocycles. The van der Waals surface area contributed by atoms with Crippen LogP contribution in [0.1, 0.15) is 62.6 Å². The first kappa shape index (κ1) is 29.4. The van der Waals surface area contributed by atoms with Gasteiger partial charge in [-0.05, 0) is 56.4 Å². The fraction of sp³-hybridized carbons (Fsp3) is 0.500. The number of nitrogens with one attached hydrogen (secondary N) is 1. The number of hydrogen-bond acceptors (Lipinski definition) is 4. The number of sulfonamides is 1. The highest BCUT2D eigenvalue weighted by atomic mass is 32.2. The third-order valence-corrected chi connectivity index (χ3v) is 7.32. The normalized spacial score (nSPS) is 12.1. The van der Waals surface area contributed by atoms with E-state index in [1.807, 2.05) is 63.2 Å². The van der Waals surface area contributed by atoms with E-state index in [1.165, 1.54) is 10.6 Å². The van der Waals surface area contributed by atoms with Crippen LogP contribution in [0.25, 0.3) is 0 Å². The number of anilines is 1. The maximum Gasteiger partial charge on any atom is 0.242 e. The van der Waals surface area contributed by atoms with Crippen LogP contribution >= 0.6 is 0 Å². The first-order valence-corrected chi connectivity index (χ1v) is 14.6. The molecule has 7 nitrogen and oxygen atoms in total. The molecule has 0 fully saturated rings. The Morgan fingerprint density at radius 1 is 0.972 bits per heavy atom. The van der Waals surface area contributed by atoms with Gasteiger partial charge in [-0.25, -0.2) is 8.42 Å². The summed E-state index contributed by atoms with van der Waals surface area (Å²) in [5.41, 5.74) is 3.62. The Hall–Kier alpha value is -2.87. The summed E-state index contributed by atoms with van der Waals surface area (Å²) in [5.74, 6) is -0.310. The monoisotopic (exact) mass is 515 g/mol. The molecule has 1 atom stereocenters. The summed E-state index contributed by atoms with van der Waals surface area (Å²) in [5, 5.41) is 2.97. The van der Waals surface area contributed by atoms with Crippen molar-refractivity contribution in [2.24, 2.45) is 0 Å². The van der Waals surface area contributed by atoms with E-state index in [2.05, 4.69) is 12.2 Å². The van der Waals surface area contributed by atoms with Crippen molar-refractivity contribution >= 4 is 27.5 Å². The zero-order valence-electron chi connectivity index (χ0n) is 22.3. The largest absolute Gasteiger partial charge is 0.354 e. The minimum atomic E-state index is -3.51. The SMILES string of the molecule is CCCCNC(=O)[C@@H](CC)N(Cc1ccc(C)cc1)C(=O)CCCN(c1cccc(C)c1)S(C)(=O)=O. The molecule has 0 saturated heterocycles. The van der Waals surface area contributed by atoms with Gasteiger partial charge in [0.05, 0.1) is 11.9 Å². The summed E-state index contributed by atoms with van der Waals surface area (Å²) in [7, 11) is -3.51. The minimum absolute atomic E-state index is 0.141. The van der Waals surface area contributed by atoms with E-state index in [1.54, 1.807) is 11.0 Å². The predicted octanol–water partition coefficient (Wildman–Crippen LogP) is 4.57. The smallest absolute Gasteiger partial charge is 0.242 e. The molecule has 2 amide bonds. The fourth-order valence-electron chi connectivity index (χ4n) is 4.10. The maximum atomic E-state index is 13.4. The molecule has 0 aliphatic heterocycles. The van der Waals surface area contributed by atoms with Crippen LogP contribution in [0.5, 0.6) is 0 Å². The Bertz CT molecular complexity index is 1100. The van der Waals surface area contributed by atoms with Gasteiger partial charge in [0, 0.05) is 26.1 Å². The molecule has 0 unspecified atom stereocenters. The van der Waals surface area contributed by atoms with E-state index in [-0.39, 0.29) is 24.8 Å². The zero-order chi connectivity index (χ0) is 26.7. The summed E-state index contributed by atoms with van der Waals surface area (Å²) in [6.45, 7) is 8.98. The second-order valence-corrected chi connectivity index (χ2v) is 11.3. The third kappa shape index (κ3) is 8.97. The first-order chi connectivity index (χ1) is 17.1. The van der Waals surface area contributed by atoms with Crippen molar-refractivity contribution < 1.29 is 18.0 Å². The number of rotatable bonds is 14. The van der Waals surface area contributed by atoms with Gasteiger partial charge in [0.1, 0.15) is 6.04 Å². The molecule has 0 saturated carbocycles. The lowest BCUT2D eigenvalue weighted by Crippen LogP contribution is -2.49. The highest BCUT2D eigenvalue weighted by molar-refractivity contribution is 7.92. The molecule has 0 bridgehead atoms. The molecule has 2 rings (SSSR count). The maximum absolute atomic E-state index is 13.4. The molecule has 0 heterocycles. The van der Waals surface area contributed by atoms with Crippen LogP contribution < -0.4 is 9.62 Å². The van der Waals surface area contributed by atoms with E-state index in [0.29, 0.717) is 31.6 Å². The topological polar surface area (TPSA) is 86.8 Å². The van der Waals surface area contributed by atoms with Gasteiger partial charge in [0.2, 0.25) is 21.8 Å². The van der Waals surface area contributed by atoms with Crippen LogP contribution in [0.2, 0.25) is 0 Å². The van der Waals surface area contributed by atoms with E-state index >= 15 is 0 Å². The van der Waals surface area contributed by atoms with Crippen molar-refractivity contribution in [1.82, 2.24) is 10.2 Å². The van der Waals surface area contributed by atoms with Crippen LogP contribution in [0, 0.1) is 13.8 Å². The number of benzene rings is 2. The third-order valence-electron chi connectivity index (χ3n) is 6.13. The Labute approximate surface area is 216 Å². The van der Waals surface area contributed by atoms with Crippen molar-refractivity contribution in [1.29, 1.82) is 0 Å². The van der Waals surface area contributed by atoms with Crippen LogP contribution in [0.3, 0.4) is 0 Å². The van der Waals surface area contributed by atoms with E-state index < -0.39 is 16.1 Å². The van der Waals surface area contributed by atoms with Crippen LogP contribution in [-0.2, 0) is 26.2 Å². The quantitative estimate of drug-likeness (QED) is 0.373. The standard InChI is InChI=1S/C28H41N3O4S/c1-6-8-18-29-28(33)26(7-2)30(21-24-16-14-22(3)15-17-24)27(32)13-10-19-31(36(5,34)35)25-12-9-11-23(4)20-25/h9,11-12,14-17,20,26H,6-8,10,13,18-19,21H2,1-5H3,(H,29,33)/t26-/m1/s1. The number of unbranched alkanes of at least 4 members (excludes halogenated alkanes) is 1. The highest BCUT2D eigenvalue weighted by Crippen LogP contribution is 2.21. The van der Waals surface area contributed by atoms with Gasteiger partial charge in [0.25, 0.3) is 0 Å². The van der Waals surface area contributed by atoms with Crippen molar-refractivity contribution in [3.8, 4) is 0 Å². The zero-order valence-corrected chi connectivity index (χ0v) is 23.1. The fourth-order valence-corrected chi connectivity index (χ4v) is 5.06. The van der Waals surface area contributed by atoms with Gasteiger partial charge >= 0.3 is 0 Å². The number of amides is 2. The van der Waals surface area contributed by atoms with E-state index in [0.717, 1.165) is 29.5 Å². The molecule has 36 heavy (non-hydrogen) atoms. The van der Waals surface area contributed by atoms with Gasteiger partial charge < -0.3 is 10.2 Å². The molecule has 0 spiro atoms. The Kier molecular flexibility index (Phi) is 11.4. The number of carbonyl (C=O) groups excluding carboxylic acids is 2. The van der Waals surface area contributed by atoms with Crippen LogP contribution in [0.4, 0.5) is 5.69 Å². The minimum Gasteiger partial charge on any atom is -0.354 e. The summed E-state index contributed by atoms with van der Waals surface area (Å²) < 4.78 is 26.3. The van der Waals surface area contributed by atoms with Gasteiger partial charge in [-0.2, -0.15) is 0 Å². The molecular formula is C28H41N3O4S. The average molecular weight is 516 g/mol. The average Bonchev–Trinajstić information content (AvgIpc) is 2.82. The summed E-state index contributed by atoms with van der Waals surface area (Å²) in [6, 6.07) is 14.7. The number of aryl methyl sites for hydroxylation is 2. The molecular weight excluding hydrogens is 474 g/mol. The molecule has 2 aromatic rings. The van der Waals surface area contributed by atoms with Crippen LogP contribution in [-0.4, -0.2) is 50.5 Å². The van der Waals surface area contributed by atoms with Crippen molar-refractivity contribution in [3.05, 3.63) is 65.2 Å². The van der Waals surface area contributed by atoms with Crippen molar-refractivity contribution in [3.63, 3.8) is 0 Å². The summed E-state index contributed by atoms with van der Waals surface area (Å²) in [4.78, 5) is 28.1. The molecule has 198 valence electrons. The molecule has 0 radical (unpaired) electrons. The molecule has 0 aliphatic carbocycles. The first-order valence-electron chi connectivity index (χ1n) is 12.7. The highest BCUT2D eigenvalue weighted by Gasteiger charge is 2.28. The second-order valence-electron chi connectivity index (χ2n) is 9.35. The van der Waals surface area contributed by atoms with Gasteiger partial charge in [-0.1, -0.05) is 62.2 Å². The van der Waals surface area contributed by atoms with Crippen LogP contribution in [0.15, 0.2) is 48.5 Å². The number of hydrogen-bond donors (Lipinski definition) is 1. The summed E-state index contributed by atoms with van der Waals surface area (Å²) in [6.07, 6.45) is 4.01. The lowest BCUT2D eigenvalue weighted by Gasteiger charge is -2.31. The molecule has 0 aliphatic rings. The molecule has 1 N–H and O–H groups in total. The van der Waals surface area contributed by atoms with E-state index in [4.69, 9.17) is 0 Å². The number of carbonyl (C=O) groups is 2. The Morgan fingerprint density at radius 3 is 2.25 bits per heavy atom. The van der Waals surface area contributed by atoms with Crippen molar-refractivity contribution in [2.75, 3.05) is 23.7 Å². The summed E-state index contributed by atoms with van der Waals surface area (Å²) >= 11 is 0.